The second-order valence-electron chi connectivity index (χ2n) is 26.3. The van der Waals surface area contributed by atoms with Crippen molar-refractivity contribution in [2.75, 3.05) is 87.9 Å². The fourth-order valence-corrected chi connectivity index (χ4v) is 16.5. The number of aromatic carboxylic acids is 2. The Morgan fingerprint density at radius 2 is 0.944 bits per heavy atom. The van der Waals surface area contributed by atoms with Crippen LogP contribution < -0.4 is 163 Å². The van der Waals surface area contributed by atoms with E-state index in [2.05, 4.69) is 62.4 Å². The van der Waals surface area contributed by atoms with E-state index >= 15 is 17.6 Å². The van der Waals surface area contributed by atoms with Crippen molar-refractivity contribution < 1.29 is 208 Å². The van der Waals surface area contributed by atoms with Gasteiger partial charge in [-0.3, -0.25) is 9.18 Å². The van der Waals surface area contributed by atoms with Crippen LogP contribution in [0.2, 0.25) is 0 Å². The number of nitrogens with zero attached hydrogens (tertiary/aromatic N) is 4. The molecule has 566 valence electrons. The smallest absolute Gasteiger partial charge is 1.00 e. The number of aryl methyl sites for hydroxylation is 4. The van der Waals surface area contributed by atoms with Gasteiger partial charge in [0.15, 0.2) is 46.5 Å². The van der Waals surface area contributed by atoms with Crippen molar-refractivity contribution in [2.45, 2.75) is 130 Å². The molecule has 10 aliphatic heterocycles. The molecule has 0 unspecified atom stereocenters. The van der Waals surface area contributed by atoms with Crippen molar-refractivity contribution in [1.29, 1.82) is 0 Å². The number of esters is 2. The number of fused-ring (bicyclic) bond motifs is 8. The summed E-state index contributed by atoms with van der Waals surface area (Å²) in [5.41, 5.74) is 6.65. The first-order valence-corrected chi connectivity index (χ1v) is 36.0. The Morgan fingerprint density at radius 1 is 0.583 bits per heavy atom. The van der Waals surface area contributed by atoms with Gasteiger partial charge in [0.25, 0.3) is 6.47 Å². The fourth-order valence-electron chi connectivity index (χ4n) is 16.2. The maximum absolute atomic E-state index is 15.9. The van der Waals surface area contributed by atoms with Gasteiger partial charge in [-0.15, -0.1) is 0 Å². The minimum absolute atomic E-state index is 0. The van der Waals surface area contributed by atoms with Gasteiger partial charge in [-0.25, -0.2) is 58.7 Å². The van der Waals surface area contributed by atoms with Crippen molar-refractivity contribution in [3.63, 3.8) is 0 Å². The molecule has 108 heavy (non-hydrogen) atoms. The van der Waals surface area contributed by atoms with Crippen LogP contribution in [0.15, 0.2) is 49.6 Å². The second-order valence-corrected chi connectivity index (χ2v) is 27.1. The number of rotatable bonds is 12. The van der Waals surface area contributed by atoms with E-state index in [9.17, 15) is 51.3 Å². The molecule has 17 nitrogen and oxygen atoms in total. The molecular formula is C79H81BrF9K2N4O13+. The maximum Gasteiger partial charge on any atom is 1.00 e. The SMILES string of the molecule is C.C=CC(=O)OCCC.C=CC(=O)OCCCBr.O=C(O)c1c(F)c(F)c(F)c(F)c1C1=c2cc3c4c(c2Oc2c1cc1c5c2CCCN5CCC1)CCC[N+]=4CCC3.O=C([O-])c1c(F)c(F)c(F)c(F)c1C1=c2cc3c4c(c2Oc2c1cc1c5c2CCCN5CCC1)CCC[N+]=4CCC3.O=CO[O-].[2H]CF.[H-].[K+].[K+]. The molecule has 16 rings (SSSR count). The quantitative estimate of drug-likeness (QED) is 0.0150. The Kier molecular flexibility index (Phi) is 30.8. The average Bonchev–Trinajstić information content (AvgIpc) is 0.712. The molecule has 6 aromatic carbocycles. The second kappa shape index (κ2) is 38.8. The summed E-state index contributed by atoms with van der Waals surface area (Å²) in [6, 6.07) is 7.43. The summed E-state index contributed by atoms with van der Waals surface area (Å²) < 4.78 is 164. The summed E-state index contributed by atoms with van der Waals surface area (Å²) in [6.45, 7) is 16.4. The molecular weight excluding hydrogens is 1540 g/mol. The Labute approximate surface area is 714 Å². The van der Waals surface area contributed by atoms with E-state index in [1.807, 2.05) is 31.2 Å². The zero-order valence-electron chi connectivity index (χ0n) is 61.6. The van der Waals surface area contributed by atoms with Crippen molar-refractivity contribution >= 4 is 68.8 Å². The standard InChI is InChI=1S/2C32H26F4N2O3.C6H9BrO2.C6H10O2.CH3F.CH2O3.CH4.2K.H/c2*33-24-22(23(32(39)40)25(34)27(36)26(24)35)21-19-13-15-5-1-9-37-11-3-7-17(28(15)37)30(19)41-31-18-8-4-12-38-10-2-6-16(29(18)38)14-20(21)31;1-2-6(8)9-5-3-4-7;1-3-5-8-6(7)4-2;1-2;2-1-4-3;;;;/h2*13-14H,1-12H2;2H,1,3-5H2;4H,2-3,5H2,1H3;1H3;1,3H;1H4;;;/q;;;;;;;2*+1;-1/i;;;;1D;;;;;. The number of halogens is 10. The van der Waals surface area contributed by atoms with Crippen LogP contribution in [0.25, 0.3) is 11.1 Å². The van der Waals surface area contributed by atoms with Crippen LogP contribution in [0, 0.1) is 46.5 Å². The Bertz CT molecular complexity index is 4620. The van der Waals surface area contributed by atoms with Crippen molar-refractivity contribution in [3.8, 4) is 23.0 Å². The summed E-state index contributed by atoms with van der Waals surface area (Å²) in [4.78, 5) is 61.1. The number of ether oxygens (including phenoxy) is 4. The molecule has 0 amide bonds. The van der Waals surface area contributed by atoms with E-state index in [4.69, 9.17) is 20.9 Å². The van der Waals surface area contributed by atoms with Gasteiger partial charge in [0.1, 0.15) is 54.7 Å². The molecule has 6 aromatic rings. The Morgan fingerprint density at radius 3 is 1.32 bits per heavy atom. The minimum Gasteiger partial charge on any atom is -1.00 e. The van der Waals surface area contributed by atoms with Crippen LogP contribution in [0.5, 0.6) is 23.0 Å². The van der Waals surface area contributed by atoms with Crippen LogP contribution in [-0.2, 0) is 80.1 Å². The molecule has 0 saturated heterocycles. The van der Waals surface area contributed by atoms with E-state index < -0.39 is 87.9 Å². The first-order chi connectivity index (χ1) is 51.1. The monoisotopic (exact) mass is 1620 g/mol. The van der Waals surface area contributed by atoms with Gasteiger partial charge in [0.05, 0.1) is 38.8 Å². The number of carboxylic acids is 2. The predicted octanol–water partition coefficient (Wildman–Crippen LogP) is 3.82. The van der Waals surface area contributed by atoms with Crippen LogP contribution in [0.1, 0.15) is 169 Å². The summed E-state index contributed by atoms with van der Waals surface area (Å²) in [5, 5.41) is 34.5. The third-order valence-corrected chi connectivity index (χ3v) is 20.7. The van der Waals surface area contributed by atoms with Gasteiger partial charge in [0, 0.05) is 152 Å². The molecule has 0 radical (unpaired) electrons. The number of carboxylic acid groups (broad SMARTS) is 2. The molecule has 1 N–H and O–H groups in total. The summed E-state index contributed by atoms with van der Waals surface area (Å²) >= 11 is 3.20. The normalized spacial score (nSPS) is 15.6. The Balaban J connectivity index is 0.000000230. The topological polar surface area (TPSA) is 210 Å². The minimum atomic E-state index is -2.18. The predicted molar refractivity (Wildman–Crippen MR) is 377 cm³/mol. The number of carbonyl (C=O) groups excluding carboxylic acids is 4. The zero-order valence-corrected chi connectivity index (χ0v) is 67.4. The molecule has 0 aliphatic carbocycles. The number of anilines is 2. The van der Waals surface area contributed by atoms with Crippen LogP contribution >= 0.6 is 15.9 Å². The third-order valence-electron chi connectivity index (χ3n) is 20.2. The van der Waals surface area contributed by atoms with Gasteiger partial charge in [-0.05, 0) is 125 Å². The maximum atomic E-state index is 15.9. The summed E-state index contributed by atoms with van der Waals surface area (Å²) in [5.74, 6) is -18.6. The van der Waals surface area contributed by atoms with Gasteiger partial charge >= 0.3 is 121 Å². The van der Waals surface area contributed by atoms with Gasteiger partial charge in [-0.1, -0.05) is 43.4 Å². The van der Waals surface area contributed by atoms with Gasteiger partial charge in [0.2, 0.25) is 10.7 Å². The molecule has 0 aromatic heterocycles. The van der Waals surface area contributed by atoms with Crippen molar-refractivity contribution in [2.24, 2.45) is 0 Å². The van der Waals surface area contributed by atoms with Crippen LogP contribution in [0.4, 0.5) is 50.9 Å². The number of hydrogen-bond acceptors (Lipinski definition) is 14. The number of alkyl halides is 2. The van der Waals surface area contributed by atoms with E-state index in [0.29, 0.717) is 83.5 Å². The van der Waals surface area contributed by atoms with E-state index in [-0.39, 0.29) is 141 Å². The van der Waals surface area contributed by atoms with Gasteiger partial charge in [-0.2, -0.15) is 0 Å². The van der Waals surface area contributed by atoms with Crippen molar-refractivity contribution in [3.05, 3.63) is 195 Å². The van der Waals surface area contributed by atoms with Crippen LogP contribution in [-0.4, -0.2) is 114 Å². The van der Waals surface area contributed by atoms with E-state index in [1.54, 1.807) is 0 Å². The van der Waals surface area contributed by atoms with E-state index in [0.717, 1.165) is 226 Å². The number of benzene rings is 6. The Hall–Kier alpha value is -6.23. The molecule has 0 spiro atoms. The van der Waals surface area contributed by atoms with E-state index in [1.165, 1.54) is 0 Å². The molecule has 0 bridgehead atoms. The summed E-state index contributed by atoms with van der Waals surface area (Å²) in [7, 11) is -1.00. The largest absolute Gasteiger partial charge is 1.00 e. The fraction of sp³-hybridized carbons (Fsp3) is 0.405. The number of hydrogen-bond donors (Lipinski definition) is 1. The molecule has 0 saturated carbocycles. The molecule has 0 atom stereocenters. The van der Waals surface area contributed by atoms with Gasteiger partial charge < -0.3 is 55.3 Å². The summed E-state index contributed by atoms with van der Waals surface area (Å²) in [6.07, 6.45) is 17.0. The first kappa shape index (κ1) is 85.8. The molecule has 10 aliphatic rings. The van der Waals surface area contributed by atoms with Crippen molar-refractivity contribution in [1.82, 2.24) is 9.15 Å². The van der Waals surface area contributed by atoms with Crippen LogP contribution in [0.3, 0.4) is 0 Å². The molecule has 0 fully saturated rings. The third kappa shape index (κ3) is 16.9. The zero-order chi connectivity index (χ0) is 75.9. The number of carbonyl (C=O) groups is 5. The average molecular weight is 1620 g/mol. The molecule has 29 heteroatoms. The first-order valence-electron chi connectivity index (χ1n) is 35.6. The molecule has 10 heterocycles.